The van der Waals surface area contributed by atoms with E-state index in [0.29, 0.717) is 18.5 Å². The molecule has 0 bridgehead atoms. The SMILES string of the molecule is Cc1cccc(CCN(C(=O)c2ccco2)[C@@H](C(=O)NC2CCCCC2)c2ccc(F)cc2)c1. The van der Waals surface area contributed by atoms with Crippen molar-refractivity contribution < 1.29 is 18.4 Å². The largest absolute Gasteiger partial charge is 0.459 e. The second-order valence-electron chi connectivity index (χ2n) is 9.01. The van der Waals surface area contributed by atoms with E-state index in [2.05, 4.69) is 11.4 Å². The Labute approximate surface area is 200 Å². The van der Waals surface area contributed by atoms with Gasteiger partial charge in [0.25, 0.3) is 5.91 Å². The number of hydrogen-bond donors (Lipinski definition) is 1. The Morgan fingerprint density at radius 1 is 1.06 bits per heavy atom. The normalized spacial score (nSPS) is 15.0. The van der Waals surface area contributed by atoms with E-state index in [9.17, 15) is 14.0 Å². The van der Waals surface area contributed by atoms with Crippen molar-refractivity contribution in [2.24, 2.45) is 0 Å². The fourth-order valence-corrected chi connectivity index (χ4v) is 4.65. The number of nitrogens with zero attached hydrogens (tertiary/aromatic N) is 1. The smallest absolute Gasteiger partial charge is 0.290 e. The summed E-state index contributed by atoms with van der Waals surface area (Å²) in [5.74, 6) is -0.839. The fourth-order valence-electron chi connectivity index (χ4n) is 4.65. The molecule has 1 aliphatic rings. The summed E-state index contributed by atoms with van der Waals surface area (Å²) >= 11 is 0. The van der Waals surface area contributed by atoms with Gasteiger partial charge in [0, 0.05) is 12.6 Å². The number of aryl methyl sites for hydroxylation is 1. The molecular formula is C28H31FN2O3. The molecule has 2 amide bonds. The second kappa shape index (κ2) is 11.1. The summed E-state index contributed by atoms with van der Waals surface area (Å²) in [5.41, 5.74) is 2.77. The maximum Gasteiger partial charge on any atom is 0.290 e. The van der Waals surface area contributed by atoms with E-state index in [0.717, 1.165) is 36.8 Å². The van der Waals surface area contributed by atoms with E-state index in [4.69, 9.17) is 4.42 Å². The maximum absolute atomic E-state index is 13.7. The molecule has 0 unspecified atom stereocenters. The van der Waals surface area contributed by atoms with Gasteiger partial charge in [0.1, 0.15) is 11.9 Å². The van der Waals surface area contributed by atoms with Crippen molar-refractivity contribution in [3.05, 3.63) is 95.2 Å². The summed E-state index contributed by atoms with van der Waals surface area (Å²) < 4.78 is 19.1. The van der Waals surface area contributed by atoms with Crippen molar-refractivity contribution in [3.8, 4) is 0 Å². The van der Waals surface area contributed by atoms with Crippen LogP contribution < -0.4 is 5.32 Å². The topological polar surface area (TPSA) is 62.6 Å². The highest BCUT2D eigenvalue weighted by molar-refractivity contribution is 5.96. The fraction of sp³-hybridized carbons (Fsp3) is 0.357. The lowest BCUT2D eigenvalue weighted by atomic mass is 9.94. The first-order chi connectivity index (χ1) is 16.5. The molecule has 1 heterocycles. The molecule has 0 aliphatic heterocycles. The molecule has 178 valence electrons. The van der Waals surface area contributed by atoms with Gasteiger partial charge in [-0.2, -0.15) is 0 Å². The van der Waals surface area contributed by atoms with Gasteiger partial charge in [0.15, 0.2) is 5.76 Å². The van der Waals surface area contributed by atoms with Gasteiger partial charge in [-0.15, -0.1) is 0 Å². The van der Waals surface area contributed by atoms with Gasteiger partial charge >= 0.3 is 0 Å². The van der Waals surface area contributed by atoms with Crippen molar-refractivity contribution >= 4 is 11.8 Å². The third-order valence-electron chi connectivity index (χ3n) is 6.41. The monoisotopic (exact) mass is 462 g/mol. The Bertz CT molecular complexity index is 1090. The summed E-state index contributed by atoms with van der Waals surface area (Å²) in [6, 6.07) is 16.3. The highest BCUT2D eigenvalue weighted by Gasteiger charge is 2.34. The summed E-state index contributed by atoms with van der Waals surface area (Å²) in [4.78, 5) is 28.7. The Morgan fingerprint density at radius 2 is 1.82 bits per heavy atom. The maximum atomic E-state index is 13.7. The molecule has 3 aromatic rings. The number of furan rings is 1. The number of hydrogen-bond acceptors (Lipinski definition) is 3. The highest BCUT2D eigenvalue weighted by Crippen LogP contribution is 2.26. The lowest BCUT2D eigenvalue weighted by molar-refractivity contribution is -0.126. The molecule has 4 rings (SSSR count). The molecule has 5 nitrogen and oxygen atoms in total. The van der Waals surface area contributed by atoms with Crippen LogP contribution in [-0.4, -0.2) is 29.3 Å². The van der Waals surface area contributed by atoms with Gasteiger partial charge in [0.2, 0.25) is 5.91 Å². The minimum Gasteiger partial charge on any atom is -0.459 e. The molecule has 6 heteroatoms. The van der Waals surface area contributed by atoms with Crippen molar-refractivity contribution in [3.63, 3.8) is 0 Å². The summed E-state index contributed by atoms with van der Waals surface area (Å²) in [5, 5.41) is 3.16. The molecule has 34 heavy (non-hydrogen) atoms. The molecular weight excluding hydrogens is 431 g/mol. The minimum absolute atomic E-state index is 0.0848. The van der Waals surface area contributed by atoms with Crippen LogP contribution in [0.25, 0.3) is 0 Å². The predicted octanol–water partition coefficient (Wildman–Crippen LogP) is 5.60. The van der Waals surface area contributed by atoms with Gasteiger partial charge in [-0.25, -0.2) is 4.39 Å². The molecule has 1 aromatic heterocycles. The Morgan fingerprint density at radius 3 is 2.50 bits per heavy atom. The molecule has 1 N–H and O–H groups in total. The zero-order valence-corrected chi connectivity index (χ0v) is 19.5. The first-order valence-electron chi connectivity index (χ1n) is 12.0. The summed E-state index contributed by atoms with van der Waals surface area (Å²) in [7, 11) is 0. The second-order valence-corrected chi connectivity index (χ2v) is 9.01. The Kier molecular flexibility index (Phi) is 7.78. The van der Waals surface area contributed by atoms with Crippen LogP contribution in [0.1, 0.15) is 65.4 Å². The van der Waals surface area contributed by atoms with E-state index in [1.54, 1.807) is 29.2 Å². The van der Waals surface area contributed by atoms with Gasteiger partial charge < -0.3 is 14.6 Å². The third kappa shape index (κ3) is 5.93. The number of carbonyl (C=O) groups is 2. The van der Waals surface area contributed by atoms with E-state index in [-0.39, 0.29) is 29.4 Å². The molecule has 0 spiro atoms. The average molecular weight is 463 g/mol. The lowest BCUT2D eigenvalue weighted by Gasteiger charge is -2.33. The molecule has 1 atom stereocenters. The van der Waals surface area contributed by atoms with Crippen molar-refractivity contribution in [1.82, 2.24) is 10.2 Å². The van der Waals surface area contributed by atoms with Crippen molar-refractivity contribution in [2.75, 3.05) is 6.54 Å². The van der Waals surface area contributed by atoms with E-state index < -0.39 is 6.04 Å². The van der Waals surface area contributed by atoms with E-state index >= 15 is 0 Å². The zero-order chi connectivity index (χ0) is 23.9. The predicted molar refractivity (Wildman–Crippen MR) is 129 cm³/mol. The van der Waals surface area contributed by atoms with Crippen molar-refractivity contribution in [1.29, 1.82) is 0 Å². The number of halogens is 1. The number of rotatable bonds is 8. The highest BCUT2D eigenvalue weighted by atomic mass is 19.1. The van der Waals surface area contributed by atoms with Gasteiger partial charge in [-0.05, 0) is 61.6 Å². The van der Waals surface area contributed by atoms with Crippen molar-refractivity contribution in [2.45, 2.75) is 57.5 Å². The van der Waals surface area contributed by atoms with Gasteiger partial charge in [-0.3, -0.25) is 9.59 Å². The molecule has 0 radical (unpaired) electrons. The zero-order valence-electron chi connectivity index (χ0n) is 19.5. The number of carbonyl (C=O) groups excluding carboxylic acids is 2. The minimum atomic E-state index is -0.898. The molecule has 0 saturated heterocycles. The lowest BCUT2D eigenvalue weighted by Crippen LogP contribution is -2.47. The molecule has 2 aromatic carbocycles. The van der Waals surface area contributed by atoms with Crippen LogP contribution in [0.5, 0.6) is 0 Å². The van der Waals surface area contributed by atoms with Crippen LogP contribution in [0.4, 0.5) is 4.39 Å². The average Bonchev–Trinajstić information content (AvgIpc) is 3.38. The molecule has 1 saturated carbocycles. The van der Waals surface area contributed by atoms with E-state index in [1.807, 2.05) is 25.1 Å². The van der Waals surface area contributed by atoms with Crippen LogP contribution in [0, 0.1) is 12.7 Å². The van der Waals surface area contributed by atoms with Crippen LogP contribution >= 0.6 is 0 Å². The Hall–Kier alpha value is -3.41. The van der Waals surface area contributed by atoms with E-state index in [1.165, 1.54) is 24.8 Å². The Balaban J connectivity index is 1.67. The first kappa shape index (κ1) is 23.7. The summed E-state index contributed by atoms with van der Waals surface area (Å²) in [6.45, 7) is 2.33. The summed E-state index contributed by atoms with van der Waals surface area (Å²) in [6.07, 6.45) is 7.20. The quantitative estimate of drug-likeness (QED) is 0.474. The first-order valence-corrected chi connectivity index (χ1v) is 12.0. The number of nitrogens with one attached hydrogen (secondary N) is 1. The number of amides is 2. The van der Waals surface area contributed by atoms with Crippen LogP contribution in [-0.2, 0) is 11.2 Å². The van der Waals surface area contributed by atoms with Gasteiger partial charge in [-0.1, -0.05) is 61.2 Å². The number of benzene rings is 2. The molecule has 1 aliphatic carbocycles. The van der Waals surface area contributed by atoms with Crippen LogP contribution in [0.15, 0.2) is 71.3 Å². The standard InChI is InChI=1S/C28H31FN2O3/c1-20-7-5-8-21(19-20)16-17-31(28(33)25-11-6-18-34-25)26(22-12-14-23(29)15-13-22)27(32)30-24-9-3-2-4-10-24/h5-8,11-15,18-19,24,26H,2-4,9-10,16-17H2,1H3,(H,30,32)/t26-/m1/s1. The van der Waals surface area contributed by atoms with Crippen LogP contribution in [0.2, 0.25) is 0 Å². The third-order valence-corrected chi connectivity index (χ3v) is 6.41. The molecule has 1 fully saturated rings. The van der Waals surface area contributed by atoms with Gasteiger partial charge in [0.05, 0.1) is 6.26 Å². The van der Waals surface area contributed by atoms with Crippen LogP contribution in [0.3, 0.4) is 0 Å².